The highest BCUT2D eigenvalue weighted by Crippen LogP contribution is 2.25. The van der Waals surface area contributed by atoms with Crippen molar-refractivity contribution < 1.29 is 14.2 Å². The van der Waals surface area contributed by atoms with Crippen molar-refractivity contribution in [2.24, 2.45) is 0 Å². The molecule has 3 aromatic rings. The highest BCUT2D eigenvalue weighted by Gasteiger charge is 2.22. The molecule has 9 nitrogen and oxygen atoms in total. The van der Waals surface area contributed by atoms with E-state index in [0.29, 0.717) is 31.2 Å². The molecule has 2 unspecified atom stereocenters. The third kappa shape index (κ3) is 6.60. The van der Waals surface area contributed by atoms with Gasteiger partial charge in [-0.25, -0.2) is 4.98 Å². The minimum absolute atomic E-state index is 0.166. The number of fused-ring (bicyclic) bond motifs is 1. The quantitative estimate of drug-likeness (QED) is 0.386. The number of benzene rings is 1. The Morgan fingerprint density at radius 3 is 2.64 bits per heavy atom. The fraction of sp³-hybridized carbons (Fsp3) is 0.519. The van der Waals surface area contributed by atoms with E-state index in [1.54, 1.807) is 16.8 Å². The Labute approximate surface area is 212 Å². The average molecular weight is 496 g/mol. The van der Waals surface area contributed by atoms with Crippen molar-refractivity contribution in [1.82, 2.24) is 19.4 Å². The molecule has 1 aromatic carbocycles. The Morgan fingerprint density at radius 1 is 1.14 bits per heavy atom. The zero-order valence-electron chi connectivity index (χ0n) is 21.5. The molecule has 2 atom stereocenters. The molecule has 2 aromatic heterocycles. The van der Waals surface area contributed by atoms with Crippen LogP contribution in [0.2, 0.25) is 0 Å². The molecule has 36 heavy (non-hydrogen) atoms. The minimum atomic E-state index is -0.472. The van der Waals surface area contributed by atoms with E-state index >= 15 is 0 Å². The molecule has 0 bridgehead atoms. The predicted octanol–water partition coefficient (Wildman–Crippen LogP) is 4.71. The van der Waals surface area contributed by atoms with Crippen LogP contribution in [0.15, 0.2) is 47.4 Å². The van der Waals surface area contributed by atoms with Gasteiger partial charge in [0.2, 0.25) is 5.95 Å². The summed E-state index contributed by atoms with van der Waals surface area (Å²) in [4.78, 5) is 24.3. The van der Waals surface area contributed by atoms with Gasteiger partial charge >= 0.3 is 0 Å². The Morgan fingerprint density at radius 2 is 1.94 bits per heavy atom. The van der Waals surface area contributed by atoms with Gasteiger partial charge in [0.05, 0.1) is 0 Å². The van der Waals surface area contributed by atoms with Crippen molar-refractivity contribution in [3.63, 3.8) is 0 Å². The van der Waals surface area contributed by atoms with Gasteiger partial charge < -0.3 is 24.4 Å². The van der Waals surface area contributed by atoms with Crippen molar-refractivity contribution in [1.29, 1.82) is 0 Å². The smallest absolute Gasteiger partial charge is 0.254 e. The first kappa shape index (κ1) is 26.1. The molecule has 194 valence electrons. The number of ether oxygens (including phenoxy) is 3. The number of nitrogens with zero attached hydrogens (tertiary/aromatic N) is 4. The number of pyridine rings is 1. The number of rotatable bonds is 12. The van der Waals surface area contributed by atoms with Gasteiger partial charge in [0.1, 0.15) is 18.6 Å². The van der Waals surface area contributed by atoms with Crippen LogP contribution in [-0.2, 0) is 9.47 Å². The van der Waals surface area contributed by atoms with E-state index in [1.165, 1.54) is 6.07 Å². The zero-order valence-corrected chi connectivity index (χ0v) is 21.5. The molecule has 1 saturated heterocycles. The monoisotopic (exact) mass is 495 g/mol. The maximum atomic E-state index is 12.9. The third-order valence-corrected chi connectivity index (χ3v) is 6.43. The van der Waals surface area contributed by atoms with Crippen LogP contribution in [-0.4, -0.2) is 58.6 Å². The fourth-order valence-electron chi connectivity index (χ4n) is 4.31. The van der Waals surface area contributed by atoms with Gasteiger partial charge in [0, 0.05) is 36.5 Å². The molecule has 1 aliphatic heterocycles. The maximum Gasteiger partial charge on any atom is 0.254 e. The van der Waals surface area contributed by atoms with Crippen LogP contribution < -0.4 is 15.6 Å². The molecule has 0 spiro atoms. The summed E-state index contributed by atoms with van der Waals surface area (Å²) in [6.07, 6.45) is 4.47. The van der Waals surface area contributed by atoms with E-state index < -0.39 is 6.23 Å². The van der Waals surface area contributed by atoms with E-state index in [-0.39, 0.29) is 11.8 Å². The number of hydrogen-bond acceptors (Lipinski definition) is 8. The average Bonchev–Trinajstić information content (AvgIpc) is 2.91. The standard InChI is InChI=1S/C27H37N5O4/c1-4-24(36-25-9-7-8-17-35-25)32-23(33)15-10-20-19-28-27(30-26(20)32)29-21-11-13-22(14-12-21)34-18-16-31(5-2)6-3/h10-15,19,24-25H,4-9,16-18H2,1-3H3,(H,28,29,30). The normalized spacial score (nSPS) is 16.8. The van der Waals surface area contributed by atoms with E-state index in [1.807, 2.05) is 31.2 Å². The fourth-order valence-corrected chi connectivity index (χ4v) is 4.31. The molecule has 1 fully saturated rings. The van der Waals surface area contributed by atoms with Crippen LogP contribution in [0.5, 0.6) is 5.75 Å². The first-order chi connectivity index (χ1) is 17.6. The summed E-state index contributed by atoms with van der Waals surface area (Å²) in [5.41, 5.74) is 1.19. The van der Waals surface area contributed by atoms with E-state index in [4.69, 9.17) is 14.2 Å². The van der Waals surface area contributed by atoms with Gasteiger partial charge in [-0.05, 0) is 69.1 Å². The SMILES string of the molecule is CCC(OC1CCCCO1)n1c(=O)ccc2cnc(Nc3ccc(OCCN(CC)CC)cc3)nc21. The van der Waals surface area contributed by atoms with Crippen molar-refractivity contribution in [3.8, 4) is 5.75 Å². The molecular weight excluding hydrogens is 458 g/mol. The molecular formula is C27H37N5O4. The zero-order chi connectivity index (χ0) is 25.3. The second-order valence-corrected chi connectivity index (χ2v) is 8.83. The second-order valence-electron chi connectivity index (χ2n) is 8.83. The van der Waals surface area contributed by atoms with Gasteiger partial charge in [-0.1, -0.05) is 20.8 Å². The lowest BCUT2D eigenvalue weighted by Gasteiger charge is -2.28. The molecule has 0 amide bonds. The predicted molar refractivity (Wildman–Crippen MR) is 141 cm³/mol. The topological polar surface area (TPSA) is 90.7 Å². The van der Waals surface area contributed by atoms with Crippen molar-refractivity contribution >= 4 is 22.7 Å². The Bertz CT molecular complexity index is 1160. The van der Waals surface area contributed by atoms with Gasteiger partial charge in [0.25, 0.3) is 5.56 Å². The summed E-state index contributed by atoms with van der Waals surface area (Å²) in [6.45, 7) is 10.6. The molecule has 4 rings (SSSR count). The molecule has 0 saturated carbocycles. The maximum absolute atomic E-state index is 12.9. The molecule has 1 aliphatic rings. The summed E-state index contributed by atoms with van der Waals surface area (Å²) >= 11 is 0. The summed E-state index contributed by atoms with van der Waals surface area (Å²) < 4.78 is 19.4. The van der Waals surface area contributed by atoms with Crippen LogP contribution in [0.4, 0.5) is 11.6 Å². The Balaban J connectivity index is 1.49. The molecule has 3 heterocycles. The molecule has 1 N–H and O–H groups in total. The van der Waals surface area contributed by atoms with Gasteiger partial charge in [-0.3, -0.25) is 9.36 Å². The molecule has 0 radical (unpaired) electrons. The highest BCUT2D eigenvalue weighted by atomic mass is 16.7. The van der Waals surface area contributed by atoms with Crippen LogP contribution >= 0.6 is 0 Å². The van der Waals surface area contributed by atoms with Gasteiger partial charge in [-0.15, -0.1) is 0 Å². The number of nitrogens with one attached hydrogen (secondary N) is 1. The Kier molecular flexibility index (Phi) is 9.27. The molecule has 9 heteroatoms. The van der Waals surface area contributed by atoms with E-state index in [2.05, 4.69) is 34.0 Å². The number of hydrogen-bond donors (Lipinski definition) is 1. The first-order valence-corrected chi connectivity index (χ1v) is 13.0. The van der Waals surface area contributed by atoms with Gasteiger partial charge in [-0.2, -0.15) is 4.98 Å². The summed E-state index contributed by atoms with van der Waals surface area (Å²) in [7, 11) is 0. The lowest BCUT2D eigenvalue weighted by atomic mass is 10.2. The van der Waals surface area contributed by atoms with Crippen LogP contribution in [0.25, 0.3) is 11.0 Å². The number of aromatic nitrogens is 3. The lowest BCUT2D eigenvalue weighted by Crippen LogP contribution is -2.32. The summed E-state index contributed by atoms with van der Waals surface area (Å²) in [5, 5.41) is 4.00. The van der Waals surface area contributed by atoms with Gasteiger partial charge in [0.15, 0.2) is 11.9 Å². The second kappa shape index (κ2) is 12.8. The first-order valence-electron chi connectivity index (χ1n) is 13.0. The number of anilines is 2. The minimum Gasteiger partial charge on any atom is -0.492 e. The summed E-state index contributed by atoms with van der Waals surface area (Å²) in [5.74, 6) is 1.22. The van der Waals surface area contributed by atoms with E-state index in [9.17, 15) is 4.79 Å². The number of likely N-dealkylation sites (N-methyl/N-ethyl adjacent to an activating group) is 1. The van der Waals surface area contributed by atoms with Crippen molar-refractivity contribution in [2.75, 3.05) is 38.2 Å². The van der Waals surface area contributed by atoms with Crippen LogP contribution in [0.3, 0.4) is 0 Å². The van der Waals surface area contributed by atoms with E-state index in [0.717, 1.165) is 55.7 Å². The third-order valence-electron chi connectivity index (χ3n) is 6.43. The van der Waals surface area contributed by atoms with Crippen LogP contribution in [0, 0.1) is 0 Å². The Hall–Kier alpha value is -3.01. The van der Waals surface area contributed by atoms with Crippen LogP contribution in [0.1, 0.15) is 52.7 Å². The highest BCUT2D eigenvalue weighted by molar-refractivity contribution is 5.75. The van der Waals surface area contributed by atoms with Crippen molar-refractivity contribution in [2.45, 2.75) is 59.0 Å². The molecule has 0 aliphatic carbocycles. The summed E-state index contributed by atoms with van der Waals surface area (Å²) in [6, 6.07) is 11.0. The lowest BCUT2D eigenvalue weighted by molar-refractivity contribution is -0.206. The largest absolute Gasteiger partial charge is 0.492 e. The van der Waals surface area contributed by atoms with Crippen molar-refractivity contribution in [3.05, 3.63) is 52.9 Å².